The van der Waals surface area contributed by atoms with Crippen molar-refractivity contribution in [2.75, 3.05) is 18.8 Å². The fourth-order valence-corrected chi connectivity index (χ4v) is 4.33. The van der Waals surface area contributed by atoms with Gasteiger partial charge in [-0.25, -0.2) is 0 Å². The lowest BCUT2D eigenvalue weighted by atomic mass is 10.1. The van der Waals surface area contributed by atoms with Gasteiger partial charge in [-0.1, -0.05) is 60.7 Å². The fourth-order valence-electron chi connectivity index (χ4n) is 3.10. The Kier molecular flexibility index (Phi) is 6.29. The fraction of sp³-hybridized carbons (Fsp3) is 0.333. The van der Waals surface area contributed by atoms with Gasteiger partial charge in [-0.2, -0.15) is 11.8 Å². The molecule has 3 rings (SSSR count). The topological polar surface area (TPSA) is 37.4 Å². The van der Waals surface area contributed by atoms with E-state index in [-0.39, 0.29) is 18.1 Å². The number of carbonyl (C=O) groups excluding carboxylic acids is 2. The van der Waals surface area contributed by atoms with Gasteiger partial charge in [0.15, 0.2) is 5.78 Å². The van der Waals surface area contributed by atoms with E-state index in [0.717, 1.165) is 25.3 Å². The summed E-state index contributed by atoms with van der Waals surface area (Å²) in [4.78, 5) is 26.6. The van der Waals surface area contributed by atoms with Crippen LogP contribution >= 0.6 is 11.8 Å². The highest BCUT2D eigenvalue weighted by Gasteiger charge is 2.22. The van der Waals surface area contributed by atoms with Crippen molar-refractivity contribution in [1.29, 1.82) is 0 Å². The summed E-state index contributed by atoms with van der Waals surface area (Å²) in [6.07, 6.45) is 1.55. The molecule has 0 unspecified atom stereocenters. The third-order valence-electron chi connectivity index (χ3n) is 4.53. The summed E-state index contributed by atoms with van der Waals surface area (Å²) in [5, 5.41) is 0.449. The number of nitrogens with zero attached hydrogens (tertiary/aromatic N) is 1. The van der Waals surface area contributed by atoms with Gasteiger partial charge >= 0.3 is 0 Å². The van der Waals surface area contributed by atoms with Crippen LogP contribution in [0.2, 0.25) is 0 Å². The van der Waals surface area contributed by atoms with Crippen LogP contribution in [0.25, 0.3) is 0 Å². The van der Waals surface area contributed by atoms with Gasteiger partial charge in [0, 0.05) is 42.5 Å². The molecule has 1 atom stereocenters. The van der Waals surface area contributed by atoms with Crippen molar-refractivity contribution >= 4 is 23.5 Å². The molecule has 0 spiro atoms. The van der Waals surface area contributed by atoms with Crippen LogP contribution in [0.1, 0.15) is 40.4 Å². The smallest absolute Gasteiger partial charge is 0.223 e. The number of Topliss-reactive ketones (excluding diaryl/α,β-unsaturated/α-hetero) is 1. The van der Waals surface area contributed by atoms with Gasteiger partial charge in [0.1, 0.15) is 0 Å². The highest BCUT2D eigenvalue weighted by Crippen LogP contribution is 2.34. The summed E-state index contributed by atoms with van der Waals surface area (Å²) >= 11 is 1.92. The van der Waals surface area contributed by atoms with E-state index in [1.807, 2.05) is 40.9 Å². The molecular formula is C21H23NO2S. The van der Waals surface area contributed by atoms with E-state index in [4.69, 9.17) is 0 Å². The molecular weight excluding hydrogens is 330 g/mol. The maximum Gasteiger partial charge on any atom is 0.223 e. The molecule has 1 saturated heterocycles. The molecule has 1 heterocycles. The molecule has 130 valence electrons. The first-order valence-corrected chi connectivity index (χ1v) is 9.81. The highest BCUT2D eigenvalue weighted by atomic mass is 32.2. The van der Waals surface area contributed by atoms with Crippen molar-refractivity contribution in [3.05, 3.63) is 71.8 Å². The van der Waals surface area contributed by atoms with Crippen LogP contribution in [0.15, 0.2) is 60.7 Å². The summed E-state index contributed by atoms with van der Waals surface area (Å²) in [6, 6.07) is 19.7. The normalized spacial score (nSPS) is 17.8. The van der Waals surface area contributed by atoms with E-state index in [9.17, 15) is 9.59 Å². The standard InChI is InChI=1S/C21H23NO2S/c23-19(17-7-3-1-4-8-17)11-12-21(24)22-14-13-20(25-16-15-22)18-9-5-2-6-10-18/h1-10,20H,11-16H2/t20-/m1/s1. The molecule has 0 N–H and O–H groups in total. The minimum atomic E-state index is 0.0420. The number of amides is 1. The van der Waals surface area contributed by atoms with Crippen molar-refractivity contribution in [2.24, 2.45) is 0 Å². The second-order valence-corrected chi connectivity index (χ2v) is 7.54. The van der Waals surface area contributed by atoms with E-state index in [1.165, 1.54) is 5.56 Å². The monoisotopic (exact) mass is 353 g/mol. The van der Waals surface area contributed by atoms with Gasteiger partial charge in [-0.15, -0.1) is 0 Å². The Balaban J connectivity index is 1.50. The zero-order chi connectivity index (χ0) is 17.5. The molecule has 3 nitrogen and oxygen atoms in total. The Bertz CT molecular complexity index is 702. The van der Waals surface area contributed by atoms with Crippen LogP contribution in [-0.2, 0) is 4.79 Å². The molecule has 1 aliphatic heterocycles. The zero-order valence-electron chi connectivity index (χ0n) is 14.3. The maximum atomic E-state index is 12.5. The molecule has 4 heteroatoms. The first-order valence-electron chi connectivity index (χ1n) is 8.76. The number of hydrogen-bond donors (Lipinski definition) is 0. The van der Waals surface area contributed by atoms with Crippen LogP contribution in [0.3, 0.4) is 0 Å². The molecule has 0 bridgehead atoms. The average Bonchev–Trinajstić information content (AvgIpc) is 2.93. The number of thioether (sulfide) groups is 1. The SMILES string of the molecule is O=C(CCC(=O)N1CCS[C@@H](c2ccccc2)CC1)c1ccccc1. The third kappa shape index (κ3) is 4.95. The zero-order valence-corrected chi connectivity index (χ0v) is 15.1. The Labute approximate surface area is 153 Å². The molecule has 1 amide bonds. The third-order valence-corrected chi connectivity index (χ3v) is 5.86. The van der Waals surface area contributed by atoms with Gasteiger partial charge in [-0.3, -0.25) is 9.59 Å². The molecule has 0 aromatic heterocycles. The van der Waals surface area contributed by atoms with Crippen LogP contribution in [-0.4, -0.2) is 35.4 Å². The first kappa shape index (κ1) is 17.7. The first-order chi connectivity index (χ1) is 12.2. The van der Waals surface area contributed by atoms with Crippen molar-refractivity contribution < 1.29 is 9.59 Å². The van der Waals surface area contributed by atoms with Gasteiger partial charge in [0.05, 0.1) is 0 Å². The average molecular weight is 353 g/mol. The van der Waals surface area contributed by atoms with Crippen molar-refractivity contribution in [3.63, 3.8) is 0 Å². The van der Waals surface area contributed by atoms with Gasteiger partial charge in [0.25, 0.3) is 0 Å². The van der Waals surface area contributed by atoms with Crippen molar-refractivity contribution in [2.45, 2.75) is 24.5 Å². The van der Waals surface area contributed by atoms with Gasteiger partial charge < -0.3 is 4.90 Å². The van der Waals surface area contributed by atoms with Gasteiger partial charge in [-0.05, 0) is 12.0 Å². The molecule has 2 aromatic carbocycles. The summed E-state index contributed by atoms with van der Waals surface area (Å²) in [5.41, 5.74) is 2.02. The van der Waals surface area contributed by atoms with E-state index in [1.54, 1.807) is 12.1 Å². The minimum Gasteiger partial charge on any atom is -0.342 e. The van der Waals surface area contributed by atoms with Crippen LogP contribution < -0.4 is 0 Å². The Morgan fingerprint density at radius 2 is 1.60 bits per heavy atom. The summed E-state index contributed by atoms with van der Waals surface area (Å²) < 4.78 is 0. The molecule has 1 fully saturated rings. The van der Waals surface area contributed by atoms with Gasteiger partial charge in [0.2, 0.25) is 5.91 Å². The van der Waals surface area contributed by atoms with E-state index >= 15 is 0 Å². The van der Waals surface area contributed by atoms with Crippen LogP contribution in [0.4, 0.5) is 0 Å². The summed E-state index contributed by atoms with van der Waals surface area (Å²) in [6.45, 7) is 1.54. The molecule has 2 aromatic rings. The Morgan fingerprint density at radius 3 is 2.32 bits per heavy atom. The second kappa shape index (κ2) is 8.86. The van der Waals surface area contributed by atoms with Crippen LogP contribution in [0, 0.1) is 0 Å². The molecule has 0 aliphatic carbocycles. The number of rotatable bonds is 5. The van der Waals surface area contributed by atoms with Crippen molar-refractivity contribution in [1.82, 2.24) is 4.90 Å². The molecule has 25 heavy (non-hydrogen) atoms. The Hall–Kier alpha value is -2.07. The lowest BCUT2D eigenvalue weighted by Gasteiger charge is -2.20. The molecule has 1 aliphatic rings. The summed E-state index contributed by atoms with van der Waals surface area (Å²) in [5.74, 6) is 1.08. The second-order valence-electron chi connectivity index (χ2n) is 6.23. The lowest BCUT2D eigenvalue weighted by Crippen LogP contribution is -2.33. The predicted octanol–water partition coefficient (Wildman–Crippen LogP) is 4.36. The van der Waals surface area contributed by atoms with Crippen molar-refractivity contribution in [3.8, 4) is 0 Å². The minimum absolute atomic E-state index is 0.0420. The number of benzene rings is 2. The molecule has 0 saturated carbocycles. The number of carbonyl (C=O) groups is 2. The lowest BCUT2D eigenvalue weighted by molar-refractivity contribution is -0.130. The van der Waals surface area contributed by atoms with E-state index < -0.39 is 0 Å². The predicted molar refractivity (Wildman–Crippen MR) is 103 cm³/mol. The number of hydrogen-bond acceptors (Lipinski definition) is 3. The number of ketones is 1. The molecule has 0 radical (unpaired) electrons. The maximum absolute atomic E-state index is 12.5. The van der Waals surface area contributed by atoms with E-state index in [2.05, 4.69) is 24.3 Å². The Morgan fingerprint density at radius 1 is 0.920 bits per heavy atom. The van der Waals surface area contributed by atoms with Crippen LogP contribution in [0.5, 0.6) is 0 Å². The summed E-state index contributed by atoms with van der Waals surface area (Å²) in [7, 11) is 0. The van der Waals surface area contributed by atoms with E-state index in [0.29, 0.717) is 17.2 Å². The largest absolute Gasteiger partial charge is 0.342 e. The quantitative estimate of drug-likeness (QED) is 0.750. The highest BCUT2D eigenvalue weighted by molar-refractivity contribution is 7.99.